The van der Waals surface area contributed by atoms with Gasteiger partial charge in [-0.25, -0.2) is 12.7 Å². The van der Waals surface area contributed by atoms with Gasteiger partial charge in [0.15, 0.2) is 4.34 Å². The van der Waals surface area contributed by atoms with E-state index in [1.165, 1.54) is 21.9 Å². The van der Waals surface area contributed by atoms with Crippen molar-refractivity contribution in [2.75, 3.05) is 30.4 Å². The summed E-state index contributed by atoms with van der Waals surface area (Å²) in [5, 5.41) is 11.1. The van der Waals surface area contributed by atoms with E-state index in [0.29, 0.717) is 24.5 Å². The molecule has 1 saturated heterocycles. The summed E-state index contributed by atoms with van der Waals surface area (Å²) in [5.74, 6) is 0.376. The third-order valence-corrected chi connectivity index (χ3v) is 6.25. The number of amides is 1. The van der Waals surface area contributed by atoms with Gasteiger partial charge >= 0.3 is 0 Å². The van der Waals surface area contributed by atoms with Crippen LogP contribution in [0.5, 0.6) is 0 Å². The molecule has 0 saturated carbocycles. The predicted octanol–water partition coefficient (Wildman–Crippen LogP) is 1.26. The lowest BCUT2D eigenvalue weighted by Crippen LogP contribution is -2.43. The topological polar surface area (TPSA) is 92.3 Å². The van der Waals surface area contributed by atoms with E-state index in [9.17, 15) is 13.2 Å². The van der Waals surface area contributed by atoms with Gasteiger partial charge in [-0.3, -0.25) is 4.79 Å². The number of rotatable bonds is 5. The van der Waals surface area contributed by atoms with E-state index in [4.69, 9.17) is 0 Å². The van der Waals surface area contributed by atoms with E-state index in [1.54, 1.807) is 11.8 Å². The fourth-order valence-electron chi connectivity index (χ4n) is 2.11. The van der Waals surface area contributed by atoms with Gasteiger partial charge in [-0.15, -0.1) is 10.2 Å². The molecule has 1 aromatic heterocycles. The highest BCUT2D eigenvalue weighted by Crippen LogP contribution is 2.26. The van der Waals surface area contributed by atoms with E-state index < -0.39 is 10.0 Å². The van der Waals surface area contributed by atoms with Crippen molar-refractivity contribution >= 4 is 44.2 Å². The first kappa shape index (κ1) is 16.7. The van der Waals surface area contributed by atoms with Gasteiger partial charge in [0.1, 0.15) is 0 Å². The Morgan fingerprint density at radius 3 is 2.95 bits per heavy atom. The summed E-state index contributed by atoms with van der Waals surface area (Å²) in [7, 11) is -3.24. The molecule has 2 rings (SSSR count). The summed E-state index contributed by atoms with van der Waals surface area (Å²) in [6, 6.07) is 0. The van der Waals surface area contributed by atoms with E-state index in [1.807, 2.05) is 6.92 Å². The van der Waals surface area contributed by atoms with Crippen LogP contribution in [0.2, 0.25) is 0 Å². The second kappa shape index (κ2) is 7.03. The van der Waals surface area contributed by atoms with Gasteiger partial charge in [-0.1, -0.05) is 30.0 Å². The van der Waals surface area contributed by atoms with Crippen molar-refractivity contribution in [3.8, 4) is 0 Å². The standard InChI is InChI=1S/C11H18N4O3S3/c1-3-19-11-14-13-10(20-11)12-9(16)8-5-4-6-15(7-8)21(2,17)18/h8H,3-7H2,1-2H3,(H,12,13,16)/t8-/m0/s1. The molecule has 2 heterocycles. The fourth-order valence-corrected chi connectivity index (χ4v) is 4.67. The molecule has 1 amide bonds. The average Bonchev–Trinajstić information content (AvgIpc) is 2.86. The molecule has 1 N–H and O–H groups in total. The monoisotopic (exact) mass is 350 g/mol. The van der Waals surface area contributed by atoms with Crippen LogP contribution in [0, 0.1) is 5.92 Å². The van der Waals surface area contributed by atoms with Crippen LogP contribution in [-0.4, -0.2) is 53.9 Å². The zero-order valence-corrected chi connectivity index (χ0v) is 14.4. The molecule has 7 nitrogen and oxygen atoms in total. The summed E-state index contributed by atoms with van der Waals surface area (Å²) >= 11 is 2.90. The Bertz CT molecular complexity index is 602. The minimum absolute atomic E-state index is 0.187. The van der Waals surface area contributed by atoms with Crippen LogP contribution in [0.4, 0.5) is 5.13 Å². The minimum atomic E-state index is -3.24. The molecule has 1 atom stereocenters. The molecule has 0 bridgehead atoms. The molecule has 10 heteroatoms. The maximum absolute atomic E-state index is 12.2. The lowest BCUT2D eigenvalue weighted by Gasteiger charge is -2.29. The Kier molecular flexibility index (Phi) is 5.58. The Labute approximate surface area is 132 Å². The molecule has 0 radical (unpaired) electrons. The quantitative estimate of drug-likeness (QED) is 0.635. The number of sulfonamides is 1. The largest absolute Gasteiger partial charge is 0.300 e. The Balaban J connectivity index is 1.96. The number of piperidine rings is 1. The Hall–Kier alpha value is -0.710. The van der Waals surface area contributed by atoms with Crippen molar-refractivity contribution in [1.29, 1.82) is 0 Å². The number of carbonyl (C=O) groups is 1. The van der Waals surface area contributed by atoms with E-state index >= 15 is 0 Å². The molecule has 118 valence electrons. The van der Waals surface area contributed by atoms with Gasteiger partial charge in [0, 0.05) is 13.1 Å². The molecule has 0 aliphatic carbocycles. The third kappa shape index (κ3) is 4.63. The van der Waals surface area contributed by atoms with Gasteiger partial charge in [0.25, 0.3) is 0 Å². The third-order valence-electron chi connectivity index (χ3n) is 3.13. The second-order valence-electron chi connectivity index (χ2n) is 4.76. The molecule has 0 unspecified atom stereocenters. The predicted molar refractivity (Wildman–Crippen MR) is 84.1 cm³/mol. The Morgan fingerprint density at radius 2 is 2.29 bits per heavy atom. The van der Waals surface area contributed by atoms with Gasteiger partial charge in [0.05, 0.1) is 12.2 Å². The summed E-state index contributed by atoms with van der Waals surface area (Å²) in [6.45, 7) is 2.74. The van der Waals surface area contributed by atoms with Gasteiger partial charge < -0.3 is 5.32 Å². The van der Waals surface area contributed by atoms with E-state index in [2.05, 4.69) is 15.5 Å². The number of thioether (sulfide) groups is 1. The van der Waals surface area contributed by atoms with Gasteiger partial charge in [-0.2, -0.15) is 0 Å². The van der Waals surface area contributed by atoms with Crippen molar-refractivity contribution in [1.82, 2.24) is 14.5 Å². The molecular weight excluding hydrogens is 332 g/mol. The molecule has 0 aromatic carbocycles. The number of hydrogen-bond acceptors (Lipinski definition) is 7. The van der Waals surface area contributed by atoms with Crippen molar-refractivity contribution in [2.45, 2.75) is 24.1 Å². The zero-order chi connectivity index (χ0) is 15.5. The number of nitrogens with zero attached hydrogens (tertiary/aromatic N) is 3. The van der Waals surface area contributed by atoms with Crippen LogP contribution in [0.3, 0.4) is 0 Å². The normalized spacial score (nSPS) is 20.4. The maximum atomic E-state index is 12.2. The number of anilines is 1. The first-order chi connectivity index (χ1) is 9.90. The molecule has 1 aliphatic rings. The molecule has 1 aliphatic heterocycles. The van der Waals surface area contributed by atoms with Crippen molar-refractivity contribution in [3.63, 3.8) is 0 Å². The van der Waals surface area contributed by atoms with Crippen LogP contribution in [0.25, 0.3) is 0 Å². The Morgan fingerprint density at radius 1 is 1.52 bits per heavy atom. The van der Waals surface area contributed by atoms with E-state index in [-0.39, 0.29) is 18.4 Å². The summed E-state index contributed by atoms with van der Waals surface area (Å²) in [5.41, 5.74) is 0. The SMILES string of the molecule is CCSc1nnc(NC(=O)[C@H]2CCCN(S(C)(=O)=O)C2)s1. The van der Waals surface area contributed by atoms with Crippen LogP contribution in [-0.2, 0) is 14.8 Å². The van der Waals surface area contributed by atoms with Crippen LogP contribution >= 0.6 is 23.1 Å². The van der Waals surface area contributed by atoms with E-state index in [0.717, 1.165) is 10.1 Å². The molecule has 1 fully saturated rings. The van der Waals surface area contributed by atoms with Crippen LogP contribution < -0.4 is 5.32 Å². The highest BCUT2D eigenvalue weighted by molar-refractivity contribution is 8.01. The smallest absolute Gasteiger partial charge is 0.230 e. The first-order valence-electron chi connectivity index (χ1n) is 6.62. The van der Waals surface area contributed by atoms with Gasteiger partial charge in [-0.05, 0) is 18.6 Å². The number of nitrogens with one attached hydrogen (secondary N) is 1. The maximum Gasteiger partial charge on any atom is 0.230 e. The van der Waals surface area contributed by atoms with Crippen LogP contribution in [0.1, 0.15) is 19.8 Å². The summed E-state index contributed by atoms with van der Waals surface area (Å²) < 4.78 is 25.3. The molecular formula is C11H18N4O3S3. The van der Waals surface area contributed by atoms with Crippen molar-refractivity contribution in [3.05, 3.63) is 0 Å². The molecule has 21 heavy (non-hydrogen) atoms. The van der Waals surface area contributed by atoms with Crippen molar-refractivity contribution < 1.29 is 13.2 Å². The fraction of sp³-hybridized carbons (Fsp3) is 0.727. The van der Waals surface area contributed by atoms with Gasteiger partial charge in [0.2, 0.25) is 21.1 Å². The first-order valence-corrected chi connectivity index (χ1v) is 10.3. The number of carbonyl (C=O) groups excluding carboxylic acids is 1. The lowest BCUT2D eigenvalue weighted by atomic mass is 9.99. The second-order valence-corrected chi connectivity index (χ2v) is 9.23. The highest BCUT2D eigenvalue weighted by Gasteiger charge is 2.30. The zero-order valence-electron chi connectivity index (χ0n) is 11.9. The summed E-state index contributed by atoms with van der Waals surface area (Å²) in [4.78, 5) is 12.2. The average molecular weight is 350 g/mol. The molecule has 0 spiro atoms. The number of aromatic nitrogens is 2. The highest BCUT2D eigenvalue weighted by atomic mass is 32.2. The van der Waals surface area contributed by atoms with Crippen molar-refractivity contribution in [2.24, 2.45) is 5.92 Å². The summed E-state index contributed by atoms with van der Waals surface area (Å²) in [6.07, 6.45) is 2.55. The number of hydrogen-bond donors (Lipinski definition) is 1. The molecule has 1 aromatic rings. The van der Waals surface area contributed by atoms with Crippen LogP contribution in [0.15, 0.2) is 4.34 Å². The minimum Gasteiger partial charge on any atom is -0.300 e. The lowest BCUT2D eigenvalue weighted by molar-refractivity contribution is -0.120.